The minimum atomic E-state index is -1.95. The molecule has 2 aromatic carbocycles. The number of nitrogens with one attached hydrogen (secondary N) is 1. The Balaban J connectivity index is 1.63. The van der Waals surface area contributed by atoms with E-state index in [4.69, 9.17) is 0 Å². The molecular formula is C30H40N2Si. The molecule has 1 N–H and O–H groups in total. The van der Waals surface area contributed by atoms with Crippen LogP contribution in [0, 0.1) is 29.6 Å². The van der Waals surface area contributed by atoms with Gasteiger partial charge in [0, 0.05) is 0 Å². The fraction of sp³-hybridized carbons (Fsp3) is 0.467. The highest BCUT2D eigenvalue weighted by atomic mass is 28.3. The van der Waals surface area contributed by atoms with Crippen LogP contribution < -0.4 is 9.88 Å². The van der Waals surface area contributed by atoms with Crippen molar-refractivity contribution in [2.75, 3.05) is 9.88 Å². The van der Waals surface area contributed by atoms with Gasteiger partial charge in [-0.1, -0.05) is 89.7 Å². The first-order valence-electron chi connectivity index (χ1n) is 12.9. The third-order valence-corrected chi connectivity index (χ3v) is 12.8. The lowest BCUT2D eigenvalue weighted by atomic mass is 9.76. The van der Waals surface area contributed by atoms with Crippen molar-refractivity contribution in [1.29, 1.82) is 0 Å². The Labute approximate surface area is 201 Å². The van der Waals surface area contributed by atoms with Gasteiger partial charge in [0.15, 0.2) is 8.24 Å². The Hall–Kier alpha value is -2.26. The summed E-state index contributed by atoms with van der Waals surface area (Å²) in [7, 11) is -1.95. The second-order valence-electron chi connectivity index (χ2n) is 11.7. The Kier molecular flexibility index (Phi) is 5.59. The summed E-state index contributed by atoms with van der Waals surface area (Å²) in [5, 5.41) is 3.70. The third kappa shape index (κ3) is 3.60. The van der Waals surface area contributed by atoms with E-state index in [1.807, 2.05) is 0 Å². The molecule has 0 radical (unpaired) electrons. The first-order chi connectivity index (χ1) is 15.7. The van der Waals surface area contributed by atoms with Gasteiger partial charge in [-0.3, -0.25) is 0 Å². The van der Waals surface area contributed by atoms with Gasteiger partial charge in [-0.15, -0.1) is 0 Å². The van der Waals surface area contributed by atoms with Gasteiger partial charge in [-0.2, -0.15) is 0 Å². The van der Waals surface area contributed by atoms with Gasteiger partial charge in [0.25, 0.3) is 0 Å². The molecule has 1 saturated carbocycles. The lowest BCUT2D eigenvalue weighted by molar-refractivity contribution is 0.461. The van der Waals surface area contributed by atoms with Crippen LogP contribution in [0.15, 0.2) is 71.8 Å². The van der Waals surface area contributed by atoms with Crippen LogP contribution in [0.2, 0.25) is 18.6 Å². The minimum Gasteiger partial charge on any atom is -0.366 e. The van der Waals surface area contributed by atoms with E-state index in [0.29, 0.717) is 29.2 Å². The van der Waals surface area contributed by atoms with E-state index in [0.717, 1.165) is 5.92 Å². The number of hydrogen-bond donors (Lipinski definition) is 1. The average molecular weight is 457 g/mol. The van der Waals surface area contributed by atoms with E-state index in [9.17, 15) is 0 Å². The van der Waals surface area contributed by atoms with E-state index in [1.54, 1.807) is 11.1 Å². The first-order valence-corrected chi connectivity index (χ1v) is 15.9. The number of nitrogens with zero attached hydrogens (tertiary/aromatic N) is 1. The maximum absolute atomic E-state index is 3.70. The van der Waals surface area contributed by atoms with E-state index in [1.165, 1.54) is 29.2 Å². The summed E-state index contributed by atoms with van der Waals surface area (Å²) in [6.07, 6.45) is 6.59. The molecule has 0 saturated heterocycles. The maximum atomic E-state index is 3.70. The quantitative estimate of drug-likeness (QED) is 0.462. The molecule has 2 nitrogen and oxygen atoms in total. The highest BCUT2D eigenvalue weighted by Gasteiger charge is 2.54. The lowest BCUT2D eigenvalue weighted by Gasteiger charge is -2.49. The summed E-state index contributed by atoms with van der Waals surface area (Å²) >= 11 is 0. The zero-order valence-corrected chi connectivity index (χ0v) is 22.4. The molecule has 33 heavy (non-hydrogen) atoms. The van der Waals surface area contributed by atoms with E-state index in [2.05, 4.69) is 118 Å². The highest BCUT2D eigenvalue weighted by molar-refractivity contribution is 6.84. The topological polar surface area (TPSA) is 15.3 Å². The van der Waals surface area contributed by atoms with Gasteiger partial charge in [0.2, 0.25) is 0 Å². The van der Waals surface area contributed by atoms with Crippen LogP contribution in [0.3, 0.4) is 0 Å². The van der Waals surface area contributed by atoms with Crippen LogP contribution >= 0.6 is 0 Å². The Bertz CT molecular complexity index is 1060. The molecule has 1 heterocycles. The van der Waals surface area contributed by atoms with E-state index >= 15 is 0 Å². The number of para-hydroxylation sites is 4. The summed E-state index contributed by atoms with van der Waals surface area (Å²) in [6.45, 7) is 17.3. The number of benzene rings is 2. The molecule has 1 aliphatic heterocycles. The number of hydrogen-bond acceptors (Lipinski definition) is 2. The molecule has 174 valence electrons. The van der Waals surface area contributed by atoms with Crippen LogP contribution in [0.4, 0.5) is 22.7 Å². The van der Waals surface area contributed by atoms with Crippen LogP contribution in [0.5, 0.6) is 0 Å². The number of rotatable bonds is 4. The fourth-order valence-corrected chi connectivity index (χ4v) is 11.9. The molecule has 3 aliphatic rings. The van der Waals surface area contributed by atoms with Crippen molar-refractivity contribution < 1.29 is 0 Å². The maximum Gasteiger partial charge on any atom is 0.160 e. The molecule has 2 aromatic rings. The van der Waals surface area contributed by atoms with Gasteiger partial charge in [0.05, 0.1) is 22.7 Å². The molecule has 0 spiro atoms. The Morgan fingerprint density at radius 3 is 2.00 bits per heavy atom. The molecule has 3 heteroatoms. The van der Waals surface area contributed by atoms with Crippen LogP contribution in [0.1, 0.15) is 41.0 Å². The molecule has 0 amide bonds. The van der Waals surface area contributed by atoms with Crippen molar-refractivity contribution in [2.45, 2.75) is 59.7 Å². The smallest absolute Gasteiger partial charge is 0.160 e. The number of allylic oxidation sites excluding steroid dienone is 4. The number of anilines is 4. The summed E-state index contributed by atoms with van der Waals surface area (Å²) in [5.74, 6) is 3.28. The zero-order chi connectivity index (χ0) is 23.5. The van der Waals surface area contributed by atoms with Crippen molar-refractivity contribution >= 4 is 31.0 Å². The third-order valence-electron chi connectivity index (χ3n) is 8.55. The van der Waals surface area contributed by atoms with Gasteiger partial charge in [-0.05, 0) is 71.4 Å². The summed E-state index contributed by atoms with van der Waals surface area (Å²) in [5.41, 5.74) is 9.15. The van der Waals surface area contributed by atoms with Crippen LogP contribution in [-0.2, 0) is 0 Å². The van der Waals surface area contributed by atoms with Crippen molar-refractivity contribution in [3.8, 4) is 0 Å². The van der Waals surface area contributed by atoms with Gasteiger partial charge >= 0.3 is 0 Å². The van der Waals surface area contributed by atoms with E-state index in [-0.39, 0.29) is 0 Å². The SMILES string of the molecule is CC(C)C1=CC2C(CC(C)C2[Si](C)(C)N2c3ccccc3Nc3ccccc32)C(C(C)C)=C1. The van der Waals surface area contributed by atoms with Gasteiger partial charge in [-0.25, -0.2) is 0 Å². The molecule has 0 aromatic heterocycles. The first kappa shape index (κ1) is 22.5. The Morgan fingerprint density at radius 2 is 1.45 bits per heavy atom. The largest absolute Gasteiger partial charge is 0.366 e. The second kappa shape index (κ2) is 8.20. The van der Waals surface area contributed by atoms with E-state index < -0.39 is 8.24 Å². The summed E-state index contributed by atoms with van der Waals surface area (Å²) in [6, 6.07) is 17.8. The summed E-state index contributed by atoms with van der Waals surface area (Å²) < 4.78 is 2.79. The van der Waals surface area contributed by atoms with Crippen molar-refractivity contribution in [3.63, 3.8) is 0 Å². The number of fused-ring (bicyclic) bond motifs is 3. The minimum absolute atomic E-state index is 0.585. The van der Waals surface area contributed by atoms with Crippen LogP contribution in [0.25, 0.3) is 0 Å². The van der Waals surface area contributed by atoms with Gasteiger partial charge in [0.1, 0.15) is 0 Å². The molecule has 4 unspecified atom stereocenters. The van der Waals surface area contributed by atoms with Crippen molar-refractivity contribution in [1.82, 2.24) is 0 Å². The highest BCUT2D eigenvalue weighted by Crippen LogP contribution is 2.60. The zero-order valence-electron chi connectivity index (χ0n) is 21.4. The summed E-state index contributed by atoms with van der Waals surface area (Å²) in [4.78, 5) is 0. The predicted octanol–water partition coefficient (Wildman–Crippen LogP) is 8.91. The second-order valence-corrected chi connectivity index (χ2v) is 16.1. The molecular weight excluding hydrogens is 416 g/mol. The Morgan fingerprint density at radius 1 is 0.879 bits per heavy atom. The lowest BCUT2D eigenvalue weighted by Crippen LogP contribution is -2.53. The molecule has 5 rings (SSSR count). The molecule has 4 atom stereocenters. The fourth-order valence-electron chi connectivity index (χ4n) is 7.20. The monoisotopic (exact) mass is 456 g/mol. The average Bonchev–Trinajstić information content (AvgIpc) is 3.12. The predicted molar refractivity (Wildman–Crippen MR) is 146 cm³/mol. The molecule has 2 aliphatic carbocycles. The van der Waals surface area contributed by atoms with Crippen LogP contribution in [-0.4, -0.2) is 8.24 Å². The van der Waals surface area contributed by atoms with Gasteiger partial charge < -0.3 is 9.88 Å². The normalized spacial score (nSPS) is 26.4. The standard InChI is InChI=1S/C30H40N2Si/c1-19(2)22-17-23(20(3)4)24-16-21(5)30(25(24)18-22)33(6,7)32-28-14-10-8-12-26(28)31-27-13-9-11-15-29(27)32/h8-15,17-21,24-25,30-31H,16H2,1-7H3. The van der Waals surface area contributed by atoms with Crippen molar-refractivity contribution in [3.05, 3.63) is 71.8 Å². The molecule has 1 fully saturated rings. The van der Waals surface area contributed by atoms with Crippen molar-refractivity contribution in [2.24, 2.45) is 29.6 Å². The molecule has 0 bridgehead atoms.